The molecule has 1 amide bonds. The number of carbonyl (C=O) groups is 2. The first-order valence-corrected chi connectivity index (χ1v) is 5.27. The molecule has 0 bridgehead atoms. The van der Waals surface area contributed by atoms with Crippen LogP contribution in [0, 0.1) is 0 Å². The standard InChI is InChI=1S/C9H13N5O3/c10-4-6-8(9(16)17)11-12-14(6)5-7(15)13-2-1-3-13/h1-5,10H2,(H,16,17). The van der Waals surface area contributed by atoms with Gasteiger partial charge in [-0.05, 0) is 6.42 Å². The second-order valence-corrected chi connectivity index (χ2v) is 3.79. The van der Waals surface area contributed by atoms with Crippen molar-refractivity contribution in [2.45, 2.75) is 19.5 Å². The number of hydrogen-bond donors (Lipinski definition) is 2. The molecule has 0 radical (unpaired) electrons. The highest BCUT2D eigenvalue weighted by Crippen LogP contribution is 2.09. The van der Waals surface area contributed by atoms with Gasteiger partial charge >= 0.3 is 5.97 Å². The van der Waals surface area contributed by atoms with E-state index >= 15 is 0 Å². The van der Waals surface area contributed by atoms with Crippen molar-refractivity contribution >= 4 is 11.9 Å². The second-order valence-electron chi connectivity index (χ2n) is 3.79. The van der Waals surface area contributed by atoms with E-state index in [0.29, 0.717) is 0 Å². The normalized spacial score (nSPS) is 14.5. The lowest BCUT2D eigenvalue weighted by Crippen LogP contribution is -2.44. The molecule has 0 aromatic carbocycles. The Bertz CT molecular complexity index is 451. The molecule has 17 heavy (non-hydrogen) atoms. The zero-order chi connectivity index (χ0) is 12.4. The van der Waals surface area contributed by atoms with Crippen molar-refractivity contribution in [3.63, 3.8) is 0 Å². The Morgan fingerprint density at radius 1 is 1.41 bits per heavy atom. The molecule has 2 rings (SSSR count). The molecule has 1 aliphatic heterocycles. The maximum Gasteiger partial charge on any atom is 0.358 e. The fourth-order valence-electron chi connectivity index (χ4n) is 1.62. The van der Waals surface area contributed by atoms with E-state index in [0.717, 1.165) is 19.5 Å². The fourth-order valence-corrected chi connectivity index (χ4v) is 1.62. The van der Waals surface area contributed by atoms with Crippen molar-refractivity contribution in [3.8, 4) is 0 Å². The van der Waals surface area contributed by atoms with Gasteiger partial charge in [0.2, 0.25) is 5.91 Å². The van der Waals surface area contributed by atoms with Crippen LogP contribution in [0.2, 0.25) is 0 Å². The van der Waals surface area contributed by atoms with Crippen LogP contribution < -0.4 is 5.73 Å². The van der Waals surface area contributed by atoms with Gasteiger partial charge in [0.15, 0.2) is 5.69 Å². The third-order valence-corrected chi connectivity index (χ3v) is 2.73. The number of carbonyl (C=O) groups excluding carboxylic acids is 1. The Hall–Kier alpha value is -1.96. The molecular weight excluding hydrogens is 226 g/mol. The molecule has 0 unspecified atom stereocenters. The smallest absolute Gasteiger partial charge is 0.358 e. The predicted molar refractivity (Wildman–Crippen MR) is 56.1 cm³/mol. The number of likely N-dealkylation sites (tertiary alicyclic amines) is 1. The van der Waals surface area contributed by atoms with Crippen molar-refractivity contribution in [2.24, 2.45) is 5.73 Å². The highest BCUT2D eigenvalue weighted by Gasteiger charge is 2.23. The summed E-state index contributed by atoms with van der Waals surface area (Å²) in [6, 6.07) is 0. The van der Waals surface area contributed by atoms with Crippen LogP contribution in [-0.2, 0) is 17.9 Å². The first kappa shape index (κ1) is 11.5. The highest BCUT2D eigenvalue weighted by molar-refractivity contribution is 5.86. The van der Waals surface area contributed by atoms with Crippen LogP contribution in [0.15, 0.2) is 0 Å². The Morgan fingerprint density at radius 3 is 2.59 bits per heavy atom. The number of aromatic nitrogens is 3. The molecule has 3 N–H and O–H groups in total. The molecule has 0 atom stereocenters. The SMILES string of the molecule is NCc1c(C(=O)O)nnn1CC(=O)N1CCC1. The van der Waals surface area contributed by atoms with E-state index in [9.17, 15) is 9.59 Å². The van der Waals surface area contributed by atoms with Gasteiger partial charge in [-0.25, -0.2) is 9.48 Å². The fraction of sp³-hybridized carbons (Fsp3) is 0.556. The van der Waals surface area contributed by atoms with Crippen molar-refractivity contribution < 1.29 is 14.7 Å². The van der Waals surface area contributed by atoms with Crippen molar-refractivity contribution in [1.82, 2.24) is 19.9 Å². The molecule has 0 saturated carbocycles. The average molecular weight is 239 g/mol. The Labute approximate surface area is 97.0 Å². The van der Waals surface area contributed by atoms with Gasteiger partial charge < -0.3 is 15.7 Å². The monoisotopic (exact) mass is 239 g/mol. The van der Waals surface area contributed by atoms with E-state index in [4.69, 9.17) is 10.8 Å². The van der Waals surface area contributed by atoms with Crippen LogP contribution in [0.4, 0.5) is 0 Å². The molecule has 0 aliphatic carbocycles. The van der Waals surface area contributed by atoms with Gasteiger partial charge in [-0.15, -0.1) is 5.10 Å². The lowest BCUT2D eigenvalue weighted by molar-refractivity contribution is -0.135. The van der Waals surface area contributed by atoms with E-state index in [1.54, 1.807) is 4.90 Å². The number of hydrogen-bond acceptors (Lipinski definition) is 5. The molecule has 1 aromatic heterocycles. The van der Waals surface area contributed by atoms with Gasteiger partial charge in [0, 0.05) is 19.6 Å². The van der Waals surface area contributed by atoms with Crippen molar-refractivity contribution in [1.29, 1.82) is 0 Å². The van der Waals surface area contributed by atoms with Gasteiger partial charge in [-0.3, -0.25) is 4.79 Å². The molecule has 1 aliphatic rings. The maximum absolute atomic E-state index is 11.7. The van der Waals surface area contributed by atoms with E-state index in [1.807, 2.05) is 0 Å². The third kappa shape index (κ3) is 2.11. The number of nitrogens with zero attached hydrogens (tertiary/aromatic N) is 4. The van der Waals surface area contributed by atoms with Crippen LogP contribution >= 0.6 is 0 Å². The molecule has 2 heterocycles. The molecule has 1 aromatic rings. The molecule has 1 saturated heterocycles. The number of nitrogens with two attached hydrogens (primary N) is 1. The number of amides is 1. The van der Waals surface area contributed by atoms with E-state index in [2.05, 4.69) is 10.3 Å². The van der Waals surface area contributed by atoms with E-state index < -0.39 is 5.97 Å². The van der Waals surface area contributed by atoms with E-state index in [-0.39, 0.29) is 30.4 Å². The van der Waals surface area contributed by atoms with Gasteiger partial charge in [0.25, 0.3) is 0 Å². The minimum absolute atomic E-state index is 0.00713. The third-order valence-electron chi connectivity index (χ3n) is 2.73. The summed E-state index contributed by atoms with van der Waals surface area (Å²) in [6.07, 6.45) is 1.01. The van der Waals surface area contributed by atoms with Crippen molar-refractivity contribution in [3.05, 3.63) is 11.4 Å². The zero-order valence-corrected chi connectivity index (χ0v) is 9.17. The van der Waals surface area contributed by atoms with Gasteiger partial charge in [0.1, 0.15) is 6.54 Å². The minimum Gasteiger partial charge on any atom is -0.476 e. The lowest BCUT2D eigenvalue weighted by Gasteiger charge is -2.30. The number of rotatable bonds is 4. The van der Waals surface area contributed by atoms with Crippen LogP contribution in [-0.4, -0.2) is 50.0 Å². The quantitative estimate of drug-likeness (QED) is 0.672. The van der Waals surface area contributed by atoms with E-state index in [1.165, 1.54) is 4.68 Å². The Kier molecular flexibility index (Phi) is 3.05. The molecular formula is C9H13N5O3. The molecule has 0 spiro atoms. The summed E-state index contributed by atoms with van der Waals surface area (Å²) in [7, 11) is 0. The van der Waals surface area contributed by atoms with Gasteiger partial charge in [0.05, 0.1) is 5.69 Å². The Balaban J connectivity index is 2.14. The molecule has 92 valence electrons. The largest absolute Gasteiger partial charge is 0.476 e. The molecule has 1 fully saturated rings. The van der Waals surface area contributed by atoms with Crippen LogP contribution in [0.5, 0.6) is 0 Å². The highest BCUT2D eigenvalue weighted by atomic mass is 16.4. The maximum atomic E-state index is 11.7. The topological polar surface area (TPSA) is 114 Å². The average Bonchev–Trinajstić information content (AvgIpc) is 2.57. The summed E-state index contributed by atoms with van der Waals surface area (Å²) in [5.74, 6) is -1.28. The molecule has 8 heteroatoms. The van der Waals surface area contributed by atoms with Crippen LogP contribution in [0.3, 0.4) is 0 Å². The lowest BCUT2D eigenvalue weighted by atomic mass is 10.2. The summed E-state index contributed by atoms with van der Waals surface area (Å²) in [5, 5.41) is 16.0. The van der Waals surface area contributed by atoms with Gasteiger partial charge in [-0.2, -0.15) is 0 Å². The van der Waals surface area contributed by atoms with Crippen LogP contribution in [0.1, 0.15) is 22.6 Å². The summed E-state index contributed by atoms with van der Waals surface area (Å²) in [4.78, 5) is 24.2. The van der Waals surface area contributed by atoms with Crippen molar-refractivity contribution in [2.75, 3.05) is 13.1 Å². The first-order valence-electron chi connectivity index (χ1n) is 5.27. The zero-order valence-electron chi connectivity index (χ0n) is 9.17. The molecule has 8 nitrogen and oxygen atoms in total. The first-order chi connectivity index (χ1) is 8.13. The number of aromatic carboxylic acids is 1. The minimum atomic E-state index is -1.19. The van der Waals surface area contributed by atoms with Crippen LogP contribution in [0.25, 0.3) is 0 Å². The predicted octanol–water partition coefficient (Wildman–Crippen LogP) is -1.33. The summed E-state index contributed by atoms with van der Waals surface area (Å²) in [6.45, 7) is 1.48. The Morgan fingerprint density at radius 2 is 2.12 bits per heavy atom. The summed E-state index contributed by atoms with van der Waals surface area (Å²) < 4.78 is 1.25. The van der Waals surface area contributed by atoms with Gasteiger partial charge in [-0.1, -0.05) is 5.21 Å². The summed E-state index contributed by atoms with van der Waals surface area (Å²) in [5.41, 5.74) is 5.52. The second kappa shape index (κ2) is 4.50. The number of carboxylic acids is 1. The summed E-state index contributed by atoms with van der Waals surface area (Å²) >= 11 is 0. The number of carboxylic acid groups (broad SMARTS) is 1.